The van der Waals surface area contributed by atoms with Gasteiger partial charge in [0.2, 0.25) is 0 Å². The second-order valence-corrected chi connectivity index (χ2v) is 4.67. The van der Waals surface area contributed by atoms with Crippen LogP contribution in [-0.2, 0) is 0 Å². The Kier molecular flexibility index (Phi) is 3.94. The van der Waals surface area contributed by atoms with Gasteiger partial charge in [0, 0.05) is 5.02 Å². The van der Waals surface area contributed by atoms with Crippen molar-refractivity contribution in [1.29, 1.82) is 0 Å². The first-order valence-electron chi connectivity index (χ1n) is 4.95. The lowest BCUT2D eigenvalue weighted by atomic mass is 9.92. The Bertz CT molecular complexity index is 287. The molecule has 1 atom stereocenters. The van der Waals surface area contributed by atoms with Gasteiger partial charge in [0.15, 0.2) is 0 Å². The summed E-state index contributed by atoms with van der Waals surface area (Å²) in [6.07, 6.45) is 1.06. The third-order valence-electron chi connectivity index (χ3n) is 2.28. The van der Waals surface area contributed by atoms with Gasteiger partial charge in [-0.1, -0.05) is 32.4 Å². The zero-order valence-electron chi connectivity index (χ0n) is 8.85. The summed E-state index contributed by atoms with van der Waals surface area (Å²) in [7, 11) is 0. The molecule has 1 rings (SSSR count). The Hall–Kier alpha value is -0.560. The van der Waals surface area contributed by atoms with Gasteiger partial charge in [0.1, 0.15) is 5.82 Å². The first-order valence-corrected chi connectivity index (χ1v) is 5.33. The lowest BCUT2D eigenvalue weighted by molar-refractivity contribution is 0.520. The van der Waals surface area contributed by atoms with Crippen molar-refractivity contribution < 1.29 is 4.39 Å². The van der Waals surface area contributed by atoms with Crippen LogP contribution >= 0.6 is 11.6 Å². The van der Waals surface area contributed by atoms with Gasteiger partial charge < -0.3 is 0 Å². The third kappa shape index (κ3) is 3.30. The van der Waals surface area contributed by atoms with Gasteiger partial charge in [-0.2, -0.15) is 0 Å². The van der Waals surface area contributed by atoms with E-state index in [2.05, 4.69) is 20.8 Å². The number of hydrogen-bond donors (Lipinski definition) is 0. The van der Waals surface area contributed by atoms with E-state index in [1.54, 1.807) is 6.07 Å². The molecule has 0 spiro atoms. The predicted molar refractivity (Wildman–Crippen MR) is 59.3 cm³/mol. The van der Waals surface area contributed by atoms with Crippen LogP contribution in [-0.4, -0.2) is 0 Å². The van der Waals surface area contributed by atoms with Crippen LogP contribution in [0.3, 0.4) is 0 Å². The average Bonchev–Trinajstić information content (AvgIpc) is 2.00. The molecule has 0 nitrogen and oxygen atoms in total. The normalized spacial score (nSPS) is 13.3. The fourth-order valence-electron chi connectivity index (χ4n) is 1.70. The Morgan fingerprint density at radius 1 is 1.21 bits per heavy atom. The van der Waals surface area contributed by atoms with Gasteiger partial charge in [-0.15, -0.1) is 0 Å². The summed E-state index contributed by atoms with van der Waals surface area (Å²) in [5, 5.41) is 0.482. The van der Waals surface area contributed by atoms with E-state index in [1.807, 2.05) is 6.07 Å². The molecular formula is C12H16ClF. The molecule has 0 amide bonds. The summed E-state index contributed by atoms with van der Waals surface area (Å²) in [6.45, 7) is 6.43. The molecule has 2 heteroatoms. The van der Waals surface area contributed by atoms with Crippen LogP contribution in [0.15, 0.2) is 18.2 Å². The zero-order chi connectivity index (χ0) is 10.7. The molecular weight excluding hydrogens is 199 g/mol. The summed E-state index contributed by atoms with van der Waals surface area (Å²) in [5.41, 5.74) is 0.990. The van der Waals surface area contributed by atoms with E-state index in [1.165, 1.54) is 6.07 Å². The van der Waals surface area contributed by atoms with E-state index < -0.39 is 0 Å². The van der Waals surface area contributed by atoms with E-state index in [4.69, 9.17) is 11.6 Å². The number of benzene rings is 1. The van der Waals surface area contributed by atoms with Crippen molar-refractivity contribution >= 4 is 11.6 Å². The highest BCUT2D eigenvalue weighted by Crippen LogP contribution is 2.26. The molecule has 1 aromatic carbocycles. The highest BCUT2D eigenvalue weighted by Gasteiger charge is 2.09. The van der Waals surface area contributed by atoms with Gasteiger partial charge in [-0.3, -0.25) is 0 Å². The standard InChI is InChI=1S/C12H16ClF/c1-8(2)4-9(3)10-5-11(13)7-12(14)6-10/h5-9H,4H2,1-3H3. The molecule has 0 N–H and O–H groups in total. The van der Waals surface area contributed by atoms with Crippen LogP contribution in [0.5, 0.6) is 0 Å². The first kappa shape index (κ1) is 11.5. The number of hydrogen-bond acceptors (Lipinski definition) is 0. The lowest BCUT2D eigenvalue weighted by Gasteiger charge is -2.14. The quantitative estimate of drug-likeness (QED) is 0.688. The largest absolute Gasteiger partial charge is 0.207 e. The minimum Gasteiger partial charge on any atom is -0.207 e. The molecule has 0 saturated heterocycles. The summed E-state index contributed by atoms with van der Waals surface area (Å²) in [4.78, 5) is 0. The van der Waals surface area contributed by atoms with Crippen LogP contribution < -0.4 is 0 Å². The molecule has 0 saturated carbocycles. The molecule has 0 heterocycles. The molecule has 0 aromatic heterocycles. The summed E-state index contributed by atoms with van der Waals surface area (Å²) < 4.78 is 13.0. The molecule has 0 radical (unpaired) electrons. The van der Waals surface area contributed by atoms with Crippen molar-refractivity contribution in [2.45, 2.75) is 33.1 Å². The lowest BCUT2D eigenvalue weighted by Crippen LogP contribution is -1.99. The molecule has 1 aromatic rings. The van der Waals surface area contributed by atoms with Crippen molar-refractivity contribution in [1.82, 2.24) is 0 Å². The van der Waals surface area contributed by atoms with Crippen molar-refractivity contribution in [2.75, 3.05) is 0 Å². The molecule has 0 bridgehead atoms. The number of rotatable bonds is 3. The van der Waals surface area contributed by atoms with E-state index in [0.717, 1.165) is 12.0 Å². The van der Waals surface area contributed by atoms with Crippen LogP contribution in [0.4, 0.5) is 4.39 Å². The molecule has 1 unspecified atom stereocenters. The number of halogens is 2. The molecule has 0 aliphatic rings. The Morgan fingerprint density at radius 2 is 1.86 bits per heavy atom. The molecule has 78 valence electrons. The minimum absolute atomic E-state index is 0.247. The smallest absolute Gasteiger partial charge is 0.124 e. The maximum absolute atomic E-state index is 13.0. The van der Waals surface area contributed by atoms with Gasteiger partial charge in [-0.05, 0) is 42.0 Å². The fourth-order valence-corrected chi connectivity index (χ4v) is 1.93. The molecule has 14 heavy (non-hydrogen) atoms. The first-order chi connectivity index (χ1) is 6.49. The van der Waals surface area contributed by atoms with Crippen LogP contribution in [0.2, 0.25) is 5.02 Å². The zero-order valence-corrected chi connectivity index (χ0v) is 9.61. The van der Waals surface area contributed by atoms with E-state index in [0.29, 0.717) is 16.9 Å². The van der Waals surface area contributed by atoms with Crippen molar-refractivity contribution in [3.8, 4) is 0 Å². The van der Waals surface area contributed by atoms with E-state index >= 15 is 0 Å². The highest BCUT2D eigenvalue weighted by atomic mass is 35.5. The Labute approximate surface area is 90.1 Å². The van der Waals surface area contributed by atoms with Gasteiger partial charge in [-0.25, -0.2) is 4.39 Å². The van der Waals surface area contributed by atoms with Gasteiger partial charge in [0.25, 0.3) is 0 Å². The predicted octanol–water partition coefficient (Wildman–Crippen LogP) is 4.63. The Morgan fingerprint density at radius 3 is 2.36 bits per heavy atom. The highest BCUT2D eigenvalue weighted by molar-refractivity contribution is 6.30. The SMILES string of the molecule is CC(C)CC(C)c1cc(F)cc(Cl)c1. The monoisotopic (exact) mass is 214 g/mol. The minimum atomic E-state index is -0.247. The topological polar surface area (TPSA) is 0 Å². The van der Waals surface area contributed by atoms with Crippen LogP contribution in [0.1, 0.15) is 38.7 Å². The van der Waals surface area contributed by atoms with Crippen LogP contribution in [0.25, 0.3) is 0 Å². The molecule has 0 fully saturated rings. The maximum Gasteiger partial charge on any atom is 0.124 e. The van der Waals surface area contributed by atoms with Crippen molar-refractivity contribution in [3.63, 3.8) is 0 Å². The third-order valence-corrected chi connectivity index (χ3v) is 2.50. The van der Waals surface area contributed by atoms with E-state index in [9.17, 15) is 4.39 Å². The van der Waals surface area contributed by atoms with E-state index in [-0.39, 0.29) is 5.82 Å². The van der Waals surface area contributed by atoms with Crippen LogP contribution in [0, 0.1) is 11.7 Å². The fraction of sp³-hybridized carbons (Fsp3) is 0.500. The summed E-state index contributed by atoms with van der Waals surface area (Å²) >= 11 is 5.79. The van der Waals surface area contributed by atoms with Crippen molar-refractivity contribution in [3.05, 3.63) is 34.6 Å². The maximum atomic E-state index is 13.0. The molecule has 0 aliphatic heterocycles. The Balaban J connectivity index is 2.84. The van der Waals surface area contributed by atoms with Gasteiger partial charge in [0.05, 0.1) is 0 Å². The average molecular weight is 215 g/mol. The summed E-state index contributed by atoms with van der Waals surface area (Å²) in [5.74, 6) is 0.735. The van der Waals surface area contributed by atoms with Gasteiger partial charge >= 0.3 is 0 Å². The van der Waals surface area contributed by atoms with Crippen molar-refractivity contribution in [2.24, 2.45) is 5.92 Å². The molecule has 0 aliphatic carbocycles. The second-order valence-electron chi connectivity index (χ2n) is 4.23. The second kappa shape index (κ2) is 4.79. The summed E-state index contributed by atoms with van der Waals surface area (Å²) in [6, 6.07) is 4.75.